The summed E-state index contributed by atoms with van der Waals surface area (Å²) in [5, 5.41) is 2.40. The first kappa shape index (κ1) is 6.96. The van der Waals surface area contributed by atoms with Gasteiger partial charge in [-0.05, 0) is 20.3 Å². The Morgan fingerprint density at radius 3 is 2.11 bits per heavy atom. The molecule has 0 atom stereocenters. The molecule has 9 heavy (non-hydrogen) atoms. The highest BCUT2D eigenvalue weighted by Gasteiger charge is 2.35. The predicted molar refractivity (Wildman–Crippen MR) is 34.3 cm³/mol. The average molecular weight is 132 g/mol. The van der Waals surface area contributed by atoms with Crippen LogP contribution >= 0.6 is 0 Å². The lowest BCUT2D eigenvalue weighted by atomic mass is 10.0. The third kappa shape index (κ3) is 1.07. The SMILES string of the molecule is CN1N(F)CCC1(C)C. The minimum Gasteiger partial charge on any atom is -0.212 e. The molecule has 0 aliphatic carbocycles. The number of hydrogen-bond acceptors (Lipinski definition) is 2. The quantitative estimate of drug-likeness (QED) is 0.457. The maximum atomic E-state index is 12.6. The molecular formula is C6H13FN2. The molecule has 0 unspecified atom stereocenters. The van der Waals surface area contributed by atoms with E-state index in [1.165, 1.54) is 0 Å². The molecule has 0 spiro atoms. The highest BCUT2D eigenvalue weighted by atomic mass is 19.2. The van der Waals surface area contributed by atoms with E-state index in [1.54, 1.807) is 12.1 Å². The van der Waals surface area contributed by atoms with Gasteiger partial charge in [0.25, 0.3) is 0 Å². The third-order valence-corrected chi connectivity index (χ3v) is 2.11. The summed E-state index contributed by atoms with van der Waals surface area (Å²) in [6.45, 7) is 4.60. The Bertz CT molecular complexity index is 114. The molecule has 0 amide bonds. The van der Waals surface area contributed by atoms with Gasteiger partial charge in [0.1, 0.15) is 0 Å². The summed E-state index contributed by atoms with van der Waals surface area (Å²) in [5.41, 5.74) is 0.00868. The Morgan fingerprint density at radius 1 is 1.44 bits per heavy atom. The maximum Gasteiger partial charge on any atom is 0.0473 e. The van der Waals surface area contributed by atoms with Crippen LogP contribution in [0.3, 0.4) is 0 Å². The molecule has 54 valence electrons. The molecule has 0 aromatic carbocycles. The smallest absolute Gasteiger partial charge is 0.0473 e. The highest BCUT2D eigenvalue weighted by molar-refractivity contribution is 4.82. The van der Waals surface area contributed by atoms with Crippen molar-refractivity contribution in [3.8, 4) is 0 Å². The minimum absolute atomic E-state index is 0.00868. The van der Waals surface area contributed by atoms with Crippen molar-refractivity contribution in [3.63, 3.8) is 0 Å². The zero-order valence-corrected chi connectivity index (χ0v) is 6.19. The van der Waals surface area contributed by atoms with E-state index in [-0.39, 0.29) is 5.54 Å². The fourth-order valence-electron chi connectivity index (χ4n) is 0.971. The summed E-state index contributed by atoms with van der Waals surface area (Å²) in [5.74, 6) is 0. The highest BCUT2D eigenvalue weighted by Crippen LogP contribution is 2.26. The lowest BCUT2D eigenvalue weighted by Gasteiger charge is -2.27. The van der Waals surface area contributed by atoms with Crippen molar-refractivity contribution in [2.75, 3.05) is 13.6 Å². The Labute approximate surface area is 55.1 Å². The second-order valence-electron chi connectivity index (χ2n) is 3.15. The number of rotatable bonds is 0. The molecule has 1 aliphatic rings. The van der Waals surface area contributed by atoms with E-state index in [0.717, 1.165) is 11.7 Å². The largest absolute Gasteiger partial charge is 0.212 e. The first-order valence-corrected chi connectivity index (χ1v) is 3.21. The topological polar surface area (TPSA) is 6.48 Å². The lowest BCUT2D eigenvalue weighted by molar-refractivity contribution is -0.150. The van der Waals surface area contributed by atoms with E-state index >= 15 is 0 Å². The molecule has 2 nitrogen and oxygen atoms in total. The van der Waals surface area contributed by atoms with Crippen molar-refractivity contribution in [3.05, 3.63) is 0 Å². The van der Waals surface area contributed by atoms with Crippen LogP contribution < -0.4 is 0 Å². The van der Waals surface area contributed by atoms with Crippen molar-refractivity contribution in [2.24, 2.45) is 0 Å². The summed E-state index contributed by atoms with van der Waals surface area (Å²) in [6.07, 6.45) is 0.903. The van der Waals surface area contributed by atoms with Gasteiger partial charge in [-0.25, -0.2) is 5.01 Å². The molecule has 0 aromatic heterocycles. The van der Waals surface area contributed by atoms with Gasteiger partial charge in [-0.3, -0.25) is 0 Å². The minimum atomic E-state index is 0.00868. The summed E-state index contributed by atoms with van der Waals surface area (Å²) in [7, 11) is 1.77. The summed E-state index contributed by atoms with van der Waals surface area (Å²) in [6, 6.07) is 0. The van der Waals surface area contributed by atoms with Crippen LogP contribution in [0, 0.1) is 0 Å². The van der Waals surface area contributed by atoms with Gasteiger partial charge in [0, 0.05) is 19.1 Å². The summed E-state index contributed by atoms with van der Waals surface area (Å²) >= 11 is 0. The van der Waals surface area contributed by atoms with Gasteiger partial charge in [-0.2, -0.15) is 0 Å². The fourth-order valence-corrected chi connectivity index (χ4v) is 0.971. The van der Waals surface area contributed by atoms with Crippen molar-refractivity contribution in [1.82, 2.24) is 10.2 Å². The van der Waals surface area contributed by atoms with Gasteiger partial charge >= 0.3 is 0 Å². The fraction of sp³-hybridized carbons (Fsp3) is 1.00. The molecule has 1 heterocycles. The number of halogens is 1. The van der Waals surface area contributed by atoms with Crippen LogP contribution in [0.2, 0.25) is 0 Å². The second kappa shape index (κ2) is 1.92. The van der Waals surface area contributed by atoms with Gasteiger partial charge in [0.15, 0.2) is 0 Å². The lowest BCUT2D eigenvalue weighted by Crippen LogP contribution is -2.39. The van der Waals surface area contributed by atoms with E-state index in [9.17, 15) is 4.48 Å². The van der Waals surface area contributed by atoms with Gasteiger partial charge in [0.2, 0.25) is 0 Å². The maximum absolute atomic E-state index is 12.6. The normalized spacial score (nSPS) is 29.3. The zero-order valence-electron chi connectivity index (χ0n) is 6.19. The van der Waals surface area contributed by atoms with Crippen LogP contribution in [0.15, 0.2) is 0 Å². The van der Waals surface area contributed by atoms with Crippen molar-refractivity contribution >= 4 is 0 Å². The number of hydrazine groups is 1. The van der Waals surface area contributed by atoms with E-state index in [4.69, 9.17) is 0 Å². The zero-order chi connectivity index (χ0) is 7.07. The molecule has 3 heteroatoms. The first-order chi connectivity index (χ1) is 4.04. The van der Waals surface area contributed by atoms with Gasteiger partial charge in [-0.1, -0.05) is 5.23 Å². The van der Waals surface area contributed by atoms with Crippen molar-refractivity contribution < 1.29 is 4.48 Å². The Hall–Kier alpha value is -0.150. The molecule has 0 N–H and O–H groups in total. The van der Waals surface area contributed by atoms with Crippen LogP contribution in [-0.2, 0) is 0 Å². The van der Waals surface area contributed by atoms with Gasteiger partial charge < -0.3 is 0 Å². The third-order valence-electron chi connectivity index (χ3n) is 2.11. The molecule has 1 rings (SSSR count). The van der Waals surface area contributed by atoms with E-state index in [1.807, 2.05) is 13.8 Å². The van der Waals surface area contributed by atoms with Crippen LogP contribution in [0.5, 0.6) is 0 Å². The molecule has 1 fully saturated rings. The number of nitrogens with zero attached hydrogens (tertiary/aromatic N) is 2. The van der Waals surface area contributed by atoms with Crippen molar-refractivity contribution in [2.45, 2.75) is 25.8 Å². The Balaban J connectivity index is 2.62. The summed E-state index contributed by atoms with van der Waals surface area (Å²) < 4.78 is 12.6. The molecule has 1 saturated heterocycles. The van der Waals surface area contributed by atoms with Gasteiger partial charge in [0.05, 0.1) is 0 Å². The Kier molecular flexibility index (Phi) is 1.49. The molecule has 1 aliphatic heterocycles. The molecule has 0 radical (unpaired) electrons. The Morgan fingerprint density at radius 2 is 2.00 bits per heavy atom. The number of hydrogen-bond donors (Lipinski definition) is 0. The van der Waals surface area contributed by atoms with Crippen LogP contribution in [0.1, 0.15) is 20.3 Å². The van der Waals surface area contributed by atoms with E-state index < -0.39 is 0 Å². The first-order valence-electron chi connectivity index (χ1n) is 3.21. The predicted octanol–water partition coefficient (Wildman–Crippen LogP) is 1.20. The van der Waals surface area contributed by atoms with Crippen LogP contribution in [0.25, 0.3) is 0 Å². The van der Waals surface area contributed by atoms with Crippen LogP contribution in [-0.4, -0.2) is 29.4 Å². The second-order valence-corrected chi connectivity index (χ2v) is 3.15. The van der Waals surface area contributed by atoms with E-state index in [0.29, 0.717) is 6.54 Å². The van der Waals surface area contributed by atoms with Crippen molar-refractivity contribution in [1.29, 1.82) is 0 Å². The van der Waals surface area contributed by atoms with Gasteiger partial charge in [-0.15, -0.1) is 4.48 Å². The molecule has 0 saturated carbocycles. The standard InChI is InChI=1S/C6H13FN2/c1-6(2)4-5-9(7)8(6)3/h4-5H2,1-3H3. The summed E-state index contributed by atoms with van der Waals surface area (Å²) in [4.78, 5) is 0. The molecule has 0 aromatic rings. The van der Waals surface area contributed by atoms with E-state index in [2.05, 4.69) is 0 Å². The monoisotopic (exact) mass is 132 g/mol. The average Bonchev–Trinajstić information content (AvgIpc) is 1.97. The van der Waals surface area contributed by atoms with Crippen LogP contribution in [0.4, 0.5) is 4.48 Å². The molecular weight excluding hydrogens is 119 g/mol. The molecule has 0 bridgehead atoms.